The van der Waals surface area contributed by atoms with E-state index in [4.69, 9.17) is 4.74 Å². The van der Waals surface area contributed by atoms with Crippen LogP contribution in [0.2, 0.25) is 0 Å². The number of phenolic OH excluding ortho intramolecular Hbond substituents is 2. The summed E-state index contributed by atoms with van der Waals surface area (Å²) < 4.78 is 6.02. The summed E-state index contributed by atoms with van der Waals surface area (Å²) in [5.41, 5.74) is 4.36. The topological polar surface area (TPSA) is 87.0 Å². The quantitative estimate of drug-likeness (QED) is 0.619. The first-order valence-corrected chi connectivity index (χ1v) is 10.0. The Labute approximate surface area is 177 Å². The SMILES string of the molecule is CC(C)=CCc1cc([C@@H]2Oc3cc(CC=C(C)C)c(O)cc3C(=O)[C@H]2O)ccc1O. The number of aliphatic hydroxyl groups is 1. The highest BCUT2D eigenvalue weighted by atomic mass is 16.5. The smallest absolute Gasteiger partial charge is 0.199 e. The molecule has 3 N–H and O–H groups in total. The van der Waals surface area contributed by atoms with Crippen LogP contribution in [0.4, 0.5) is 0 Å². The molecule has 0 bridgehead atoms. The second-order valence-corrected chi connectivity index (χ2v) is 8.18. The molecular formula is C25H28O5. The van der Waals surface area contributed by atoms with Gasteiger partial charge in [0.05, 0.1) is 5.56 Å². The van der Waals surface area contributed by atoms with Crippen LogP contribution in [0.25, 0.3) is 0 Å². The molecule has 5 heteroatoms. The first-order valence-electron chi connectivity index (χ1n) is 10.0. The van der Waals surface area contributed by atoms with Crippen LogP contribution in [-0.4, -0.2) is 27.2 Å². The maximum absolute atomic E-state index is 12.8. The molecule has 2 aromatic rings. The van der Waals surface area contributed by atoms with Crippen LogP contribution >= 0.6 is 0 Å². The zero-order chi connectivity index (χ0) is 22.0. The average Bonchev–Trinajstić information content (AvgIpc) is 2.69. The first-order chi connectivity index (χ1) is 14.2. The second-order valence-electron chi connectivity index (χ2n) is 8.18. The second kappa shape index (κ2) is 8.76. The lowest BCUT2D eigenvalue weighted by molar-refractivity contribution is 0.0215. The molecule has 158 valence electrons. The summed E-state index contributed by atoms with van der Waals surface area (Å²) in [5, 5.41) is 31.1. The summed E-state index contributed by atoms with van der Waals surface area (Å²) in [6.07, 6.45) is 2.73. The van der Waals surface area contributed by atoms with Crippen molar-refractivity contribution in [2.24, 2.45) is 0 Å². The van der Waals surface area contributed by atoms with Crippen LogP contribution in [0, 0.1) is 0 Å². The van der Waals surface area contributed by atoms with Gasteiger partial charge in [-0.3, -0.25) is 4.79 Å². The number of phenols is 2. The molecule has 0 amide bonds. The molecule has 2 aromatic carbocycles. The molecule has 1 aliphatic rings. The largest absolute Gasteiger partial charge is 0.508 e. The molecule has 0 saturated heterocycles. The number of allylic oxidation sites excluding steroid dienone is 4. The van der Waals surface area contributed by atoms with E-state index in [-0.39, 0.29) is 17.1 Å². The fraction of sp³-hybridized carbons (Fsp3) is 0.320. The van der Waals surface area contributed by atoms with Crippen molar-refractivity contribution in [2.75, 3.05) is 0 Å². The van der Waals surface area contributed by atoms with Crippen LogP contribution in [0.1, 0.15) is 60.8 Å². The van der Waals surface area contributed by atoms with Crippen molar-refractivity contribution in [3.8, 4) is 17.2 Å². The third kappa shape index (κ3) is 4.57. The van der Waals surface area contributed by atoms with Crippen molar-refractivity contribution in [3.63, 3.8) is 0 Å². The summed E-state index contributed by atoms with van der Waals surface area (Å²) in [6.45, 7) is 7.90. The van der Waals surface area contributed by atoms with Crippen molar-refractivity contribution >= 4 is 5.78 Å². The summed E-state index contributed by atoms with van der Waals surface area (Å²) in [7, 11) is 0. The predicted octanol–water partition coefficient (Wildman–Crippen LogP) is 4.79. The molecule has 0 saturated carbocycles. The van der Waals surface area contributed by atoms with Gasteiger partial charge >= 0.3 is 0 Å². The van der Waals surface area contributed by atoms with E-state index >= 15 is 0 Å². The van der Waals surface area contributed by atoms with Crippen LogP contribution in [-0.2, 0) is 12.8 Å². The van der Waals surface area contributed by atoms with Crippen molar-refractivity contribution < 1.29 is 24.9 Å². The Balaban J connectivity index is 1.97. The zero-order valence-electron chi connectivity index (χ0n) is 17.8. The predicted molar refractivity (Wildman–Crippen MR) is 116 cm³/mol. The number of fused-ring (bicyclic) bond motifs is 1. The lowest BCUT2D eigenvalue weighted by Gasteiger charge is -2.30. The molecule has 2 atom stereocenters. The van der Waals surface area contributed by atoms with Crippen molar-refractivity contribution in [1.29, 1.82) is 0 Å². The number of aliphatic hydroxyl groups excluding tert-OH is 1. The van der Waals surface area contributed by atoms with Gasteiger partial charge in [0.25, 0.3) is 0 Å². The molecule has 5 nitrogen and oxygen atoms in total. The summed E-state index contributed by atoms with van der Waals surface area (Å²) in [4.78, 5) is 12.8. The Hall–Kier alpha value is -3.05. The van der Waals surface area contributed by atoms with Crippen LogP contribution in [0.5, 0.6) is 17.2 Å². The zero-order valence-corrected chi connectivity index (χ0v) is 17.8. The van der Waals surface area contributed by atoms with Gasteiger partial charge in [0.2, 0.25) is 0 Å². The minimum Gasteiger partial charge on any atom is -0.508 e. The molecule has 0 aromatic heterocycles. The number of carbonyl (C=O) groups excluding carboxylic acids is 1. The van der Waals surface area contributed by atoms with E-state index in [2.05, 4.69) is 0 Å². The van der Waals surface area contributed by atoms with E-state index in [1.807, 2.05) is 39.8 Å². The van der Waals surface area contributed by atoms with E-state index in [0.717, 1.165) is 11.1 Å². The Kier molecular flexibility index (Phi) is 6.32. The highest BCUT2D eigenvalue weighted by Gasteiger charge is 2.37. The molecule has 0 spiro atoms. The third-order valence-corrected chi connectivity index (χ3v) is 5.15. The van der Waals surface area contributed by atoms with E-state index in [0.29, 0.717) is 35.3 Å². The molecule has 0 fully saturated rings. The minimum absolute atomic E-state index is 0.00231. The van der Waals surface area contributed by atoms with Gasteiger partial charge < -0.3 is 20.1 Å². The number of ketones is 1. The summed E-state index contributed by atoms with van der Waals surface area (Å²) in [5.74, 6) is -0.00174. The van der Waals surface area contributed by atoms with E-state index in [1.54, 1.807) is 24.3 Å². The lowest BCUT2D eigenvalue weighted by atomic mass is 9.91. The fourth-order valence-corrected chi connectivity index (χ4v) is 3.39. The van der Waals surface area contributed by atoms with Crippen LogP contribution < -0.4 is 4.74 Å². The Morgan fingerprint density at radius 1 is 0.933 bits per heavy atom. The molecule has 0 unspecified atom stereocenters. The Morgan fingerprint density at radius 3 is 2.13 bits per heavy atom. The molecule has 30 heavy (non-hydrogen) atoms. The van der Waals surface area contributed by atoms with E-state index in [9.17, 15) is 20.1 Å². The van der Waals surface area contributed by atoms with E-state index < -0.39 is 18.0 Å². The summed E-state index contributed by atoms with van der Waals surface area (Å²) in [6, 6.07) is 7.98. The van der Waals surface area contributed by atoms with Crippen molar-refractivity contribution in [2.45, 2.75) is 52.7 Å². The van der Waals surface area contributed by atoms with Gasteiger partial charge in [-0.1, -0.05) is 29.4 Å². The van der Waals surface area contributed by atoms with Gasteiger partial charge in [-0.25, -0.2) is 0 Å². The molecular weight excluding hydrogens is 380 g/mol. The molecule has 1 heterocycles. The van der Waals surface area contributed by atoms with Gasteiger partial charge in [-0.15, -0.1) is 0 Å². The highest BCUT2D eigenvalue weighted by Crippen LogP contribution is 2.39. The van der Waals surface area contributed by atoms with Gasteiger partial charge in [-0.2, -0.15) is 0 Å². The number of rotatable bonds is 5. The van der Waals surface area contributed by atoms with Crippen molar-refractivity contribution in [1.82, 2.24) is 0 Å². The number of ether oxygens (including phenoxy) is 1. The monoisotopic (exact) mass is 408 g/mol. The maximum Gasteiger partial charge on any atom is 0.199 e. The van der Waals surface area contributed by atoms with Gasteiger partial charge in [0.1, 0.15) is 17.2 Å². The van der Waals surface area contributed by atoms with Crippen LogP contribution in [0.3, 0.4) is 0 Å². The van der Waals surface area contributed by atoms with Gasteiger partial charge in [-0.05, 0) is 75.9 Å². The molecule has 0 aliphatic carbocycles. The highest BCUT2D eigenvalue weighted by molar-refractivity contribution is 6.03. The van der Waals surface area contributed by atoms with Crippen LogP contribution in [0.15, 0.2) is 53.6 Å². The number of carbonyl (C=O) groups is 1. The van der Waals surface area contributed by atoms with Crippen molar-refractivity contribution in [3.05, 3.63) is 75.9 Å². The minimum atomic E-state index is -1.40. The standard InChI is InChI=1S/C25H28O5/c1-14(2)5-7-16-11-18(9-10-20(16)26)25-24(29)23(28)19-13-21(27)17(8-6-15(3)4)12-22(19)30-25/h5-6,9-13,24-27,29H,7-8H2,1-4H3/t24-,25+/m1/s1. The number of hydrogen-bond acceptors (Lipinski definition) is 5. The van der Waals surface area contributed by atoms with Gasteiger partial charge in [0.15, 0.2) is 18.0 Å². The average molecular weight is 408 g/mol. The number of hydrogen-bond donors (Lipinski definition) is 3. The number of Topliss-reactive ketones (excluding diaryl/α,β-unsaturated/α-hetero) is 1. The van der Waals surface area contributed by atoms with E-state index in [1.165, 1.54) is 6.07 Å². The molecule has 1 aliphatic heterocycles. The molecule has 0 radical (unpaired) electrons. The van der Waals surface area contributed by atoms with Gasteiger partial charge in [0, 0.05) is 5.56 Å². The number of aromatic hydroxyl groups is 2. The third-order valence-electron chi connectivity index (χ3n) is 5.15. The molecule has 3 rings (SSSR count). The Morgan fingerprint density at radius 2 is 1.53 bits per heavy atom. The summed E-state index contributed by atoms with van der Waals surface area (Å²) >= 11 is 0. The lowest BCUT2D eigenvalue weighted by Crippen LogP contribution is -2.36. The fourth-order valence-electron chi connectivity index (χ4n) is 3.39. The number of benzene rings is 2. The normalized spacial score (nSPS) is 17.7. The maximum atomic E-state index is 12.8. The first kappa shape index (κ1) is 21.7. The Bertz CT molecular complexity index is 1020.